The van der Waals surface area contributed by atoms with Crippen molar-refractivity contribution in [1.29, 1.82) is 0 Å². The lowest BCUT2D eigenvalue weighted by atomic mass is 10.1. The van der Waals surface area contributed by atoms with Gasteiger partial charge in [0.05, 0.1) is 11.9 Å². The molecule has 0 radical (unpaired) electrons. The number of halogens is 1. The SMILES string of the molecule is Nc1ncc(-c2cccc(C(=O)NCc3ccc(Br)cc3)c2)nc1C(=O)N[C@H]1CCCNC1. The van der Waals surface area contributed by atoms with E-state index < -0.39 is 0 Å². The molecule has 2 amide bonds. The summed E-state index contributed by atoms with van der Waals surface area (Å²) in [6.07, 6.45) is 3.42. The van der Waals surface area contributed by atoms with Crippen LogP contribution in [0.1, 0.15) is 39.3 Å². The highest BCUT2D eigenvalue weighted by atomic mass is 79.9. The van der Waals surface area contributed by atoms with Gasteiger partial charge in [-0.1, -0.05) is 40.2 Å². The van der Waals surface area contributed by atoms with Gasteiger partial charge in [0.2, 0.25) is 0 Å². The normalized spacial score (nSPS) is 15.6. The Morgan fingerprint density at radius 3 is 2.73 bits per heavy atom. The highest BCUT2D eigenvalue weighted by molar-refractivity contribution is 9.10. The number of carbonyl (C=O) groups excluding carboxylic acids is 2. The molecule has 3 aromatic rings. The van der Waals surface area contributed by atoms with Crippen LogP contribution in [0.15, 0.2) is 59.2 Å². The van der Waals surface area contributed by atoms with Crippen LogP contribution in [-0.4, -0.2) is 40.9 Å². The number of amides is 2. The first-order valence-corrected chi connectivity index (χ1v) is 11.6. The third-order valence-corrected chi connectivity index (χ3v) is 5.96. The molecule has 9 heteroatoms. The molecule has 0 spiro atoms. The molecule has 1 aromatic heterocycles. The van der Waals surface area contributed by atoms with E-state index in [2.05, 4.69) is 41.8 Å². The van der Waals surface area contributed by atoms with E-state index in [9.17, 15) is 9.59 Å². The fourth-order valence-electron chi connectivity index (χ4n) is 3.64. The van der Waals surface area contributed by atoms with E-state index in [0.29, 0.717) is 23.4 Å². The Morgan fingerprint density at radius 1 is 1.15 bits per heavy atom. The maximum atomic E-state index is 12.7. The number of hydrogen-bond donors (Lipinski definition) is 4. The zero-order valence-electron chi connectivity index (χ0n) is 18.0. The number of nitrogens with one attached hydrogen (secondary N) is 3. The Hall–Kier alpha value is -3.30. The van der Waals surface area contributed by atoms with Crippen LogP contribution in [0.25, 0.3) is 11.3 Å². The number of nitrogens with zero attached hydrogens (tertiary/aromatic N) is 2. The molecule has 2 heterocycles. The number of rotatable bonds is 6. The summed E-state index contributed by atoms with van der Waals surface area (Å²) in [6.45, 7) is 2.09. The van der Waals surface area contributed by atoms with Crippen molar-refractivity contribution in [1.82, 2.24) is 25.9 Å². The first-order chi connectivity index (χ1) is 16.0. The van der Waals surface area contributed by atoms with Crippen LogP contribution in [0.3, 0.4) is 0 Å². The molecule has 1 aliphatic heterocycles. The summed E-state index contributed by atoms with van der Waals surface area (Å²) in [5.74, 6) is -0.478. The van der Waals surface area contributed by atoms with Gasteiger partial charge in [-0.15, -0.1) is 0 Å². The number of benzene rings is 2. The van der Waals surface area contributed by atoms with E-state index in [1.54, 1.807) is 18.2 Å². The average Bonchev–Trinajstić information content (AvgIpc) is 2.84. The molecule has 0 bridgehead atoms. The minimum Gasteiger partial charge on any atom is -0.382 e. The Labute approximate surface area is 200 Å². The van der Waals surface area contributed by atoms with Crippen molar-refractivity contribution in [2.24, 2.45) is 0 Å². The Bertz CT molecular complexity index is 1150. The van der Waals surface area contributed by atoms with Gasteiger partial charge in [0, 0.05) is 34.7 Å². The molecule has 8 nitrogen and oxygen atoms in total. The summed E-state index contributed by atoms with van der Waals surface area (Å²) in [6, 6.07) is 14.8. The smallest absolute Gasteiger partial charge is 0.274 e. The summed E-state index contributed by atoms with van der Waals surface area (Å²) in [4.78, 5) is 34.0. The largest absolute Gasteiger partial charge is 0.382 e. The number of nitrogen functional groups attached to an aromatic ring is 1. The van der Waals surface area contributed by atoms with Crippen LogP contribution < -0.4 is 21.7 Å². The lowest BCUT2D eigenvalue weighted by molar-refractivity contribution is 0.0923. The molecule has 0 saturated carbocycles. The van der Waals surface area contributed by atoms with Gasteiger partial charge in [-0.3, -0.25) is 9.59 Å². The number of aromatic nitrogens is 2. The maximum Gasteiger partial charge on any atom is 0.274 e. The van der Waals surface area contributed by atoms with E-state index in [0.717, 1.165) is 36.0 Å². The summed E-state index contributed by atoms with van der Waals surface area (Å²) in [7, 11) is 0. The van der Waals surface area contributed by atoms with E-state index in [-0.39, 0.29) is 29.4 Å². The van der Waals surface area contributed by atoms with Crippen molar-refractivity contribution >= 4 is 33.6 Å². The van der Waals surface area contributed by atoms with E-state index >= 15 is 0 Å². The van der Waals surface area contributed by atoms with Crippen molar-refractivity contribution in [3.05, 3.63) is 76.0 Å². The lowest BCUT2D eigenvalue weighted by Crippen LogP contribution is -2.46. The minimum atomic E-state index is -0.348. The van der Waals surface area contributed by atoms with Crippen molar-refractivity contribution in [2.75, 3.05) is 18.8 Å². The van der Waals surface area contributed by atoms with E-state index in [1.807, 2.05) is 30.3 Å². The highest BCUT2D eigenvalue weighted by Crippen LogP contribution is 2.20. The Balaban J connectivity index is 1.48. The summed E-state index contributed by atoms with van der Waals surface area (Å²) >= 11 is 3.40. The lowest BCUT2D eigenvalue weighted by Gasteiger charge is -2.23. The number of hydrogen-bond acceptors (Lipinski definition) is 6. The van der Waals surface area contributed by atoms with E-state index in [4.69, 9.17) is 5.73 Å². The van der Waals surface area contributed by atoms with Crippen LogP contribution in [0.2, 0.25) is 0 Å². The molecule has 0 aliphatic carbocycles. The Kier molecular flexibility index (Phi) is 7.31. The topological polar surface area (TPSA) is 122 Å². The van der Waals surface area contributed by atoms with Crippen molar-refractivity contribution in [3.63, 3.8) is 0 Å². The van der Waals surface area contributed by atoms with Gasteiger partial charge in [-0.25, -0.2) is 9.97 Å². The van der Waals surface area contributed by atoms with Crippen LogP contribution in [0, 0.1) is 0 Å². The standard InChI is InChI=1S/C24H25BrN6O2/c25-18-8-6-15(7-9-18)12-29-23(32)17-4-1-3-16(11-17)20-14-28-22(26)21(31-20)24(33)30-19-5-2-10-27-13-19/h1,3-4,6-9,11,14,19,27H,2,5,10,12-13H2,(H2,26,28)(H,29,32)(H,30,33)/t19-/m0/s1. The van der Waals surface area contributed by atoms with Crippen LogP contribution in [0.5, 0.6) is 0 Å². The molecule has 5 N–H and O–H groups in total. The fourth-order valence-corrected chi connectivity index (χ4v) is 3.90. The molecule has 1 atom stereocenters. The van der Waals surface area contributed by atoms with Crippen LogP contribution in [-0.2, 0) is 6.54 Å². The van der Waals surface area contributed by atoms with Gasteiger partial charge in [-0.2, -0.15) is 0 Å². The van der Waals surface area contributed by atoms with Gasteiger partial charge in [0.25, 0.3) is 11.8 Å². The first kappa shape index (κ1) is 22.9. The average molecular weight is 509 g/mol. The number of anilines is 1. The number of piperidine rings is 1. The molecule has 33 heavy (non-hydrogen) atoms. The van der Waals surface area contributed by atoms with Crippen molar-refractivity contribution in [2.45, 2.75) is 25.4 Å². The third-order valence-electron chi connectivity index (χ3n) is 5.43. The van der Waals surface area contributed by atoms with Crippen molar-refractivity contribution < 1.29 is 9.59 Å². The van der Waals surface area contributed by atoms with Gasteiger partial charge in [0.15, 0.2) is 11.5 Å². The molecule has 2 aromatic carbocycles. The summed E-state index contributed by atoms with van der Waals surface area (Å²) < 4.78 is 0.985. The van der Waals surface area contributed by atoms with Gasteiger partial charge < -0.3 is 21.7 Å². The third kappa shape index (κ3) is 5.94. The minimum absolute atomic E-state index is 0.0360. The first-order valence-electron chi connectivity index (χ1n) is 10.8. The highest BCUT2D eigenvalue weighted by Gasteiger charge is 2.20. The van der Waals surface area contributed by atoms with Gasteiger partial charge in [0.1, 0.15) is 0 Å². The second kappa shape index (κ2) is 10.5. The molecule has 4 rings (SSSR count). The molecular weight excluding hydrogens is 484 g/mol. The predicted molar refractivity (Wildman–Crippen MR) is 131 cm³/mol. The van der Waals surface area contributed by atoms with Crippen LogP contribution in [0.4, 0.5) is 5.82 Å². The van der Waals surface area contributed by atoms with Crippen molar-refractivity contribution in [3.8, 4) is 11.3 Å². The quantitative estimate of drug-likeness (QED) is 0.406. The molecule has 170 valence electrons. The monoisotopic (exact) mass is 508 g/mol. The second-order valence-corrected chi connectivity index (χ2v) is 8.81. The summed E-state index contributed by atoms with van der Waals surface area (Å²) in [5, 5.41) is 9.15. The van der Waals surface area contributed by atoms with Gasteiger partial charge in [-0.05, 0) is 49.2 Å². The zero-order chi connectivity index (χ0) is 23.2. The van der Waals surface area contributed by atoms with Crippen LogP contribution >= 0.6 is 15.9 Å². The zero-order valence-corrected chi connectivity index (χ0v) is 19.6. The predicted octanol–water partition coefficient (Wildman–Crippen LogP) is 2.90. The second-order valence-electron chi connectivity index (χ2n) is 7.90. The maximum absolute atomic E-state index is 12.7. The molecule has 1 aliphatic rings. The molecular formula is C24H25BrN6O2. The molecule has 1 saturated heterocycles. The van der Waals surface area contributed by atoms with Gasteiger partial charge >= 0.3 is 0 Å². The Morgan fingerprint density at radius 2 is 1.97 bits per heavy atom. The number of carbonyl (C=O) groups is 2. The molecule has 1 fully saturated rings. The fraction of sp³-hybridized carbons (Fsp3) is 0.250. The molecule has 0 unspecified atom stereocenters. The summed E-state index contributed by atoms with van der Waals surface area (Å²) in [5.41, 5.74) is 8.65. The van der Waals surface area contributed by atoms with E-state index in [1.165, 1.54) is 6.20 Å². The number of nitrogens with two attached hydrogens (primary N) is 1.